The number of methoxy groups -OCH3 is 1. The minimum atomic E-state index is -4.41. The SMILES string of the molecule is COc1cccc(CN(Cc2cccc(F)c2)Cc2ccc(C(=O)N3CCN(c4cccc(C(F)(F)F)c4)CC3)o2)c1. The van der Waals surface area contributed by atoms with Gasteiger partial charge in [-0.2, -0.15) is 13.2 Å². The van der Waals surface area contributed by atoms with E-state index in [1.54, 1.807) is 36.3 Å². The van der Waals surface area contributed by atoms with Crippen LogP contribution in [-0.2, 0) is 25.8 Å². The van der Waals surface area contributed by atoms with Crippen molar-refractivity contribution in [1.29, 1.82) is 0 Å². The average molecular weight is 582 g/mol. The Labute approximate surface area is 241 Å². The number of carbonyl (C=O) groups excluding carboxylic acids is 1. The highest BCUT2D eigenvalue weighted by molar-refractivity contribution is 5.91. The van der Waals surface area contributed by atoms with Crippen molar-refractivity contribution in [3.63, 3.8) is 0 Å². The number of furan rings is 1. The molecule has 2 heterocycles. The lowest BCUT2D eigenvalue weighted by Gasteiger charge is -2.36. The monoisotopic (exact) mass is 581 g/mol. The van der Waals surface area contributed by atoms with Gasteiger partial charge in [-0.25, -0.2) is 4.39 Å². The number of ether oxygens (including phenoxy) is 1. The molecular weight excluding hydrogens is 550 g/mol. The lowest BCUT2D eigenvalue weighted by molar-refractivity contribution is -0.137. The second-order valence-corrected chi connectivity index (χ2v) is 10.2. The maximum atomic E-state index is 13.9. The van der Waals surface area contributed by atoms with Gasteiger partial charge in [0.05, 0.1) is 19.2 Å². The summed E-state index contributed by atoms with van der Waals surface area (Å²) in [4.78, 5) is 18.8. The van der Waals surface area contributed by atoms with Crippen molar-refractivity contribution in [1.82, 2.24) is 9.80 Å². The highest BCUT2D eigenvalue weighted by atomic mass is 19.4. The van der Waals surface area contributed by atoms with Crippen LogP contribution >= 0.6 is 0 Å². The number of halogens is 4. The molecular formula is C32H31F4N3O3. The van der Waals surface area contributed by atoms with Gasteiger partial charge >= 0.3 is 6.18 Å². The molecule has 1 aliphatic heterocycles. The first-order valence-corrected chi connectivity index (χ1v) is 13.6. The van der Waals surface area contributed by atoms with Crippen molar-refractivity contribution in [2.75, 3.05) is 38.2 Å². The van der Waals surface area contributed by atoms with E-state index >= 15 is 0 Å². The maximum absolute atomic E-state index is 13.9. The number of hydrogen-bond donors (Lipinski definition) is 0. The van der Waals surface area contributed by atoms with Crippen LogP contribution in [0.5, 0.6) is 5.75 Å². The van der Waals surface area contributed by atoms with Crippen LogP contribution in [0.15, 0.2) is 89.3 Å². The van der Waals surface area contributed by atoms with E-state index in [2.05, 4.69) is 4.90 Å². The topological polar surface area (TPSA) is 49.2 Å². The van der Waals surface area contributed by atoms with Crippen LogP contribution in [0.3, 0.4) is 0 Å². The van der Waals surface area contributed by atoms with Gasteiger partial charge < -0.3 is 19.0 Å². The van der Waals surface area contributed by atoms with Crippen LogP contribution in [0.4, 0.5) is 23.2 Å². The minimum absolute atomic E-state index is 0.199. The molecule has 10 heteroatoms. The average Bonchev–Trinajstić information content (AvgIpc) is 3.45. The molecule has 1 aliphatic rings. The number of amides is 1. The smallest absolute Gasteiger partial charge is 0.416 e. The first-order valence-electron chi connectivity index (χ1n) is 13.6. The van der Waals surface area contributed by atoms with Crippen molar-refractivity contribution in [2.45, 2.75) is 25.8 Å². The molecule has 0 atom stereocenters. The molecule has 3 aromatic carbocycles. The van der Waals surface area contributed by atoms with E-state index in [0.29, 0.717) is 57.3 Å². The molecule has 0 spiro atoms. The first-order chi connectivity index (χ1) is 20.2. The van der Waals surface area contributed by atoms with Gasteiger partial charge in [0.1, 0.15) is 17.3 Å². The lowest BCUT2D eigenvalue weighted by Crippen LogP contribution is -2.48. The molecule has 0 N–H and O–H groups in total. The van der Waals surface area contributed by atoms with Gasteiger partial charge in [-0.05, 0) is 65.7 Å². The van der Waals surface area contributed by atoms with Crippen molar-refractivity contribution in [2.24, 2.45) is 0 Å². The third-order valence-corrected chi connectivity index (χ3v) is 7.19. The Kier molecular flexibility index (Phi) is 8.82. The summed E-state index contributed by atoms with van der Waals surface area (Å²) < 4.78 is 64.6. The molecule has 0 bridgehead atoms. The molecule has 1 amide bonds. The number of anilines is 1. The molecule has 0 aliphatic carbocycles. The third kappa shape index (κ3) is 7.30. The molecule has 0 saturated carbocycles. The maximum Gasteiger partial charge on any atom is 0.416 e. The van der Waals surface area contributed by atoms with Gasteiger partial charge in [-0.3, -0.25) is 9.69 Å². The van der Waals surface area contributed by atoms with E-state index in [-0.39, 0.29) is 17.5 Å². The zero-order valence-corrected chi connectivity index (χ0v) is 23.1. The fourth-order valence-electron chi connectivity index (χ4n) is 5.09. The van der Waals surface area contributed by atoms with E-state index in [9.17, 15) is 22.4 Å². The van der Waals surface area contributed by atoms with Crippen LogP contribution in [-0.4, -0.2) is 49.0 Å². The highest BCUT2D eigenvalue weighted by Crippen LogP contribution is 2.32. The number of hydrogen-bond acceptors (Lipinski definition) is 5. The fraction of sp³-hybridized carbons (Fsp3) is 0.281. The largest absolute Gasteiger partial charge is 0.497 e. The summed E-state index contributed by atoms with van der Waals surface area (Å²) in [6, 6.07) is 22.8. The molecule has 5 rings (SSSR count). The third-order valence-electron chi connectivity index (χ3n) is 7.19. The van der Waals surface area contributed by atoms with E-state index < -0.39 is 11.7 Å². The molecule has 0 unspecified atom stereocenters. The molecule has 42 heavy (non-hydrogen) atoms. The van der Waals surface area contributed by atoms with Crippen molar-refractivity contribution < 1.29 is 31.5 Å². The molecule has 4 aromatic rings. The summed E-state index contributed by atoms with van der Waals surface area (Å²) in [7, 11) is 1.61. The minimum Gasteiger partial charge on any atom is -0.497 e. The van der Waals surface area contributed by atoms with Crippen LogP contribution in [0.25, 0.3) is 0 Å². The molecule has 0 radical (unpaired) electrons. The van der Waals surface area contributed by atoms with Gasteiger partial charge in [0.2, 0.25) is 0 Å². The predicted octanol–water partition coefficient (Wildman–Crippen LogP) is 6.61. The zero-order valence-electron chi connectivity index (χ0n) is 23.1. The number of alkyl halides is 3. The Bertz CT molecular complexity index is 1510. The number of benzene rings is 3. The number of rotatable bonds is 9. The summed E-state index contributed by atoms with van der Waals surface area (Å²) >= 11 is 0. The zero-order chi connectivity index (χ0) is 29.7. The summed E-state index contributed by atoms with van der Waals surface area (Å²) in [5.41, 5.74) is 1.60. The molecule has 1 fully saturated rings. The quantitative estimate of drug-likeness (QED) is 0.208. The first kappa shape index (κ1) is 29.2. The highest BCUT2D eigenvalue weighted by Gasteiger charge is 2.31. The second-order valence-electron chi connectivity index (χ2n) is 10.2. The van der Waals surface area contributed by atoms with Gasteiger partial charge in [-0.1, -0.05) is 30.3 Å². The van der Waals surface area contributed by atoms with Gasteiger partial charge in [0, 0.05) is 45.0 Å². The number of nitrogens with zero attached hydrogens (tertiary/aromatic N) is 3. The molecule has 1 aromatic heterocycles. The van der Waals surface area contributed by atoms with Crippen LogP contribution < -0.4 is 9.64 Å². The Morgan fingerprint density at radius 3 is 2.24 bits per heavy atom. The summed E-state index contributed by atoms with van der Waals surface area (Å²) in [5.74, 6) is 0.935. The Balaban J connectivity index is 1.24. The summed E-state index contributed by atoms with van der Waals surface area (Å²) in [6.45, 7) is 2.89. The van der Waals surface area contributed by atoms with E-state index in [1.165, 1.54) is 18.2 Å². The normalized spacial score (nSPS) is 14.0. The summed E-state index contributed by atoms with van der Waals surface area (Å²) in [5, 5.41) is 0. The standard InChI is InChI=1S/C32H31F4N3O3/c1-41-28-10-3-6-24(18-28)21-37(20-23-5-2-8-26(33)17-23)22-29-11-12-30(42-29)31(40)39-15-13-38(14-16-39)27-9-4-7-25(19-27)32(34,35)36/h2-12,17-19H,13-16,20-22H2,1H3. The van der Waals surface area contributed by atoms with E-state index in [1.807, 2.05) is 35.2 Å². The van der Waals surface area contributed by atoms with Crippen LogP contribution in [0, 0.1) is 5.82 Å². The molecule has 6 nitrogen and oxygen atoms in total. The molecule has 1 saturated heterocycles. The number of carbonyl (C=O) groups is 1. The Morgan fingerprint density at radius 2 is 1.55 bits per heavy atom. The van der Waals surface area contributed by atoms with Gasteiger partial charge in [0.15, 0.2) is 5.76 Å². The summed E-state index contributed by atoms with van der Waals surface area (Å²) in [6.07, 6.45) is -4.41. The van der Waals surface area contributed by atoms with Crippen molar-refractivity contribution >= 4 is 11.6 Å². The fourth-order valence-corrected chi connectivity index (χ4v) is 5.09. The van der Waals surface area contributed by atoms with Crippen LogP contribution in [0.1, 0.15) is 33.0 Å². The lowest BCUT2D eigenvalue weighted by atomic mass is 10.1. The molecule has 220 valence electrons. The predicted molar refractivity (Wildman–Crippen MR) is 151 cm³/mol. The van der Waals surface area contributed by atoms with E-state index in [4.69, 9.17) is 9.15 Å². The van der Waals surface area contributed by atoms with E-state index in [0.717, 1.165) is 29.0 Å². The number of piperazine rings is 1. The van der Waals surface area contributed by atoms with Crippen molar-refractivity contribution in [3.05, 3.63) is 119 Å². The van der Waals surface area contributed by atoms with Crippen molar-refractivity contribution in [3.8, 4) is 5.75 Å². The van der Waals surface area contributed by atoms with Gasteiger partial charge in [0.25, 0.3) is 5.91 Å². The Hall–Kier alpha value is -4.31. The van der Waals surface area contributed by atoms with Gasteiger partial charge in [-0.15, -0.1) is 0 Å². The van der Waals surface area contributed by atoms with Crippen LogP contribution in [0.2, 0.25) is 0 Å². The Morgan fingerprint density at radius 1 is 0.857 bits per heavy atom. The second kappa shape index (κ2) is 12.7.